The minimum absolute atomic E-state index is 0.000273. The number of nitrogens with two attached hydrogens (primary N) is 1. The fourth-order valence-electron chi connectivity index (χ4n) is 1.73. The van der Waals surface area contributed by atoms with Gasteiger partial charge in [0.15, 0.2) is 0 Å². The van der Waals surface area contributed by atoms with E-state index in [4.69, 9.17) is 15.2 Å². The van der Waals surface area contributed by atoms with E-state index in [1.54, 1.807) is 14.2 Å². The first-order valence-corrected chi connectivity index (χ1v) is 6.31. The summed E-state index contributed by atoms with van der Waals surface area (Å²) in [5, 5.41) is 2.83. The summed E-state index contributed by atoms with van der Waals surface area (Å²) in [5.74, 6) is 1.51. The molecule has 1 atom stereocenters. The van der Waals surface area contributed by atoms with Gasteiger partial charge in [-0.15, -0.1) is 0 Å². The van der Waals surface area contributed by atoms with Crippen molar-refractivity contribution in [2.75, 3.05) is 20.8 Å². The van der Waals surface area contributed by atoms with E-state index in [0.29, 0.717) is 19.4 Å². The standard InChI is InChI=1S/C14H22N2O3/c1-10(9-15)16-14(17)7-4-11-8-12(18-2)5-6-13(11)19-3/h5-6,8,10H,4,7,9,15H2,1-3H3,(H,16,17). The van der Waals surface area contributed by atoms with E-state index in [9.17, 15) is 4.79 Å². The number of aryl methyl sites for hydroxylation is 1. The number of benzene rings is 1. The molecule has 1 aromatic rings. The van der Waals surface area contributed by atoms with Crippen LogP contribution in [0.5, 0.6) is 11.5 Å². The monoisotopic (exact) mass is 266 g/mol. The maximum absolute atomic E-state index is 11.7. The van der Waals surface area contributed by atoms with Crippen molar-refractivity contribution in [1.29, 1.82) is 0 Å². The molecule has 0 saturated heterocycles. The van der Waals surface area contributed by atoms with E-state index in [1.165, 1.54) is 0 Å². The SMILES string of the molecule is COc1ccc(OC)c(CCC(=O)NC(C)CN)c1. The summed E-state index contributed by atoms with van der Waals surface area (Å²) < 4.78 is 10.4. The van der Waals surface area contributed by atoms with Gasteiger partial charge < -0.3 is 20.5 Å². The van der Waals surface area contributed by atoms with Gasteiger partial charge in [0.1, 0.15) is 11.5 Å². The van der Waals surface area contributed by atoms with Crippen LogP contribution in [0.2, 0.25) is 0 Å². The maximum Gasteiger partial charge on any atom is 0.220 e. The van der Waals surface area contributed by atoms with Crippen LogP contribution >= 0.6 is 0 Å². The van der Waals surface area contributed by atoms with Gasteiger partial charge in [-0.1, -0.05) is 0 Å². The van der Waals surface area contributed by atoms with Gasteiger partial charge in [0.2, 0.25) is 5.91 Å². The molecule has 106 valence electrons. The third kappa shape index (κ3) is 4.79. The average Bonchev–Trinajstić information content (AvgIpc) is 2.44. The Hall–Kier alpha value is -1.75. The van der Waals surface area contributed by atoms with Crippen molar-refractivity contribution < 1.29 is 14.3 Å². The van der Waals surface area contributed by atoms with Crippen LogP contribution in [0.4, 0.5) is 0 Å². The zero-order valence-corrected chi connectivity index (χ0v) is 11.7. The van der Waals surface area contributed by atoms with Crippen molar-refractivity contribution in [1.82, 2.24) is 5.32 Å². The number of carbonyl (C=O) groups is 1. The van der Waals surface area contributed by atoms with Gasteiger partial charge in [-0.3, -0.25) is 4.79 Å². The van der Waals surface area contributed by atoms with E-state index >= 15 is 0 Å². The Kier molecular flexibility index (Phi) is 6.15. The van der Waals surface area contributed by atoms with Crippen LogP contribution in [0.1, 0.15) is 18.9 Å². The maximum atomic E-state index is 11.7. The number of amides is 1. The highest BCUT2D eigenvalue weighted by Gasteiger charge is 2.09. The number of hydrogen-bond donors (Lipinski definition) is 2. The van der Waals surface area contributed by atoms with Gasteiger partial charge in [0.25, 0.3) is 0 Å². The van der Waals surface area contributed by atoms with Crippen molar-refractivity contribution in [3.05, 3.63) is 23.8 Å². The summed E-state index contributed by atoms with van der Waals surface area (Å²) in [6, 6.07) is 5.56. The zero-order valence-electron chi connectivity index (χ0n) is 11.7. The van der Waals surface area contributed by atoms with Crippen LogP contribution in [0.25, 0.3) is 0 Å². The van der Waals surface area contributed by atoms with Crippen molar-refractivity contribution in [2.24, 2.45) is 5.73 Å². The van der Waals surface area contributed by atoms with Gasteiger partial charge in [-0.2, -0.15) is 0 Å². The minimum atomic E-state index is -0.0113. The summed E-state index contributed by atoms with van der Waals surface area (Å²) >= 11 is 0. The first-order valence-electron chi connectivity index (χ1n) is 6.31. The van der Waals surface area contributed by atoms with E-state index in [1.807, 2.05) is 25.1 Å². The normalized spacial score (nSPS) is 11.8. The average molecular weight is 266 g/mol. The predicted octanol–water partition coefficient (Wildman–Crippen LogP) is 1.10. The largest absolute Gasteiger partial charge is 0.497 e. The first kappa shape index (κ1) is 15.3. The lowest BCUT2D eigenvalue weighted by Crippen LogP contribution is -2.37. The smallest absolute Gasteiger partial charge is 0.220 e. The molecule has 0 heterocycles. The van der Waals surface area contributed by atoms with E-state index in [-0.39, 0.29) is 11.9 Å². The molecule has 19 heavy (non-hydrogen) atoms. The van der Waals surface area contributed by atoms with Crippen LogP contribution in [0.15, 0.2) is 18.2 Å². The Morgan fingerprint density at radius 2 is 2.11 bits per heavy atom. The highest BCUT2D eigenvalue weighted by Crippen LogP contribution is 2.24. The van der Waals surface area contributed by atoms with Gasteiger partial charge in [0, 0.05) is 19.0 Å². The number of hydrogen-bond acceptors (Lipinski definition) is 4. The Morgan fingerprint density at radius 3 is 2.68 bits per heavy atom. The Bertz CT molecular complexity index is 421. The number of nitrogens with one attached hydrogen (secondary N) is 1. The molecule has 1 aromatic carbocycles. The second-order valence-electron chi connectivity index (χ2n) is 4.38. The van der Waals surface area contributed by atoms with Gasteiger partial charge in [-0.05, 0) is 37.1 Å². The number of ether oxygens (including phenoxy) is 2. The summed E-state index contributed by atoms with van der Waals surface area (Å²) in [6.07, 6.45) is 0.997. The molecule has 0 aliphatic rings. The van der Waals surface area contributed by atoms with Crippen LogP contribution in [-0.4, -0.2) is 32.7 Å². The second kappa shape index (κ2) is 7.63. The van der Waals surface area contributed by atoms with Crippen LogP contribution in [0.3, 0.4) is 0 Å². The van der Waals surface area contributed by atoms with Crippen molar-refractivity contribution in [3.63, 3.8) is 0 Å². The van der Waals surface area contributed by atoms with E-state index in [0.717, 1.165) is 17.1 Å². The van der Waals surface area contributed by atoms with Crippen LogP contribution < -0.4 is 20.5 Å². The lowest BCUT2D eigenvalue weighted by molar-refractivity contribution is -0.121. The fraction of sp³-hybridized carbons (Fsp3) is 0.500. The van der Waals surface area contributed by atoms with Crippen LogP contribution in [0, 0.1) is 0 Å². The molecule has 0 saturated carbocycles. The molecule has 1 unspecified atom stereocenters. The minimum Gasteiger partial charge on any atom is -0.497 e. The lowest BCUT2D eigenvalue weighted by atomic mass is 10.1. The third-order valence-electron chi connectivity index (χ3n) is 2.87. The summed E-state index contributed by atoms with van der Waals surface area (Å²) in [7, 11) is 3.23. The highest BCUT2D eigenvalue weighted by molar-refractivity contribution is 5.76. The molecular formula is C14H22N2O3. The Morgan fingerprint density at radius 1 is 1.37 bits per heavy atom. The molecule has 1 rings (SSSR count). The number of rotatable bonds is 7. The van der Waals surface area contributed by atoms with Gasteiger partial charge in [0.05, 0.1) is 14.2 Å². The topological polar surface area (TPSA) is 73.6 Å². The first-order chi connectivity index (χ1) is 9.10. The lowest BCUT2D eigenvalue weighted by Gasteiger charge is -2.13. The molecular weight excluding hydrogens is 244 g/mol. The molecule has 0 radical (unpaired) electrons. The van der Waals surface area contributed by atoms with Gasteiger partial charge >= 0.3 is 0 Å². The van der Waals surface area contributed by atoms with E-state index in [2.05, 4.69) is 5.32 Å². The summed E-state index contributed by atoms with van der Waals surface area (Å²) in [5.41, 5.74) is 6.42. The highest BCUT2D eigenvalue weighted by atomic mass is 16.5. The Labute approximate surface area is 114 Å². The third-order valence-corrected chi connectivity index (χ3v) is 2.87. The zero-order chi connectivity index (χ0) is 14.3. The molecule has 1 amide bonds. The molecule has 0 aliphatic heterocycles. The van der Waals surface area contributed by atoms with Crippen molar-refractivity contribution in [3.8, 4) is 11.5 Å². The molecule has 0 aromatic heterocycles. The molecule has 0 fully saturated rings. The molecule has 5 heteroatoms. The molecule has 0 aliphatic carbocycles. The quantitative estimate of drug-likeness (QED) is 0.775. The van der Waals surface area contributed by atoms with Crippen LogP contribution in [-0.2, 0) is 11.2 Å². The number of carbonyl (C=O) groups excluding carboxylic acids is 1. The van der Waals surface area contributed by atoms with Crippen molar-refractivity contribution >= 4 is 5.91 Å². The second-order valence-corrected chi connectivity index (χ2v) is 4.38. The van der Waals surface area contributed by atoms with Gasteiger partial charge in [-0.25, -0.2) is 0 Å². The molecule has 0 bridgehead atoms. The molecule has 5 nitrogen and oxygen atoms in total. The number of methoxy groups -OCH3 is 2. The molecule has 3 N–H and O–H groups in total. The fourth-order valence-corrected chi connectivity index (χ4v) is 1.73. The molecule has 0 spiro atoms. The van der Waals surface area contributed by atoms with E-state index < -0.39 is 0 Å². The van der Waals surface area contributed by atoms with Crippen molar-refractivity contribution in [2.45, 2.75) is 25.8 Å². The summed E-state index contributed by atoms with van der Waals surface area (Å²) in [4.78, 5) is 11.7. The Balaban J connectivity index is 2.63. The predicted molar refractivity (Wildman–Crippen MR) is 74.5 cm³/mol. The summed E-state index contributed by atoms with van der Waals surface area (Å²) in [6.45, 7) is 2.32.